The third-order valence-corrected chi connectivity index (χ3v) is 4.50. The topological polar surface area (TPSA) is 59.7 Å². The third-order valence-electron chi connectivity index (χ3n) is 4.50. The van der Waals surface area contributed by atoms with E-state index in [0.29, 0.717) is 18.0 Å². The molecule has 3 heterocycles. The van der Waals surface area contributed by atoms with Crippen LogP contribution in [0, 0.1) is 11.7 Å². The number of nitrogens with zero attached hydrogens (tertiary/aromatic N) is 4. The molecule has 0 radical (unpaired) electrons. The predicted octanol–water partition coefficient (Wildman–Crippen LogP) is 2.10. The number of nitrogens with one attached hydrogen (secondary N) is 2. The minimum atomic E-state index is -0.180. The third kappa shape index (κ3) is 3.71. The molecule has 4 rings (SSSR count). The van der Waals surface area contributed by atoms with Crippen molar-refractivity contribution >= 4 is 5.82 Å². The van der Waals surface area contributed by atoms with Gasteiger partial charge >= 0.3 is 0 Å². The first kappa shape index (κ1) is 15.8. The molecular formula is C18H21FN6. The molecule has 0 unspecified atom stereocenters. The molecule has 1 aromatic carbocycles. The molecule has 0 spiro atoms. The number of rotatable bonds is 6. The van der Waals surface area contributed by atoms with Gasteiger partial charge in [0.2, 0.25) is 0 Å². The highest BCUT2D eigenvalue weighted by Gasteiger charge is 2.17. The molecular weight excluding hydrogens is 319 g/mol. The van der Waals surface area contributed by atoms with Crippen LogP contribution in [-0.2, 0) is 19.6 Å². The van der Waals surface area contributed by atoms with E-state index >= 15 is 0 Å². The number of anilines is 1. The summed E-state index contributed by atoms with van der Waals surface area (Å²) in [6, 6.07) is 7.29. The van der Waals surface area contributed by atoms with Crippen LogP contribution >= 0.6 is 0 Å². The van der Waals surface area contributed by atoms with E-state index in [4.69, 9.17) is 0 Å². The Morgan fingerprint density at radius 1 is 1.28 bits per heavy atom. The number of aromatic nitrogens is 4. The van der Waals surface area contributed by atoms with Gasteiger partial charge in [-0.25, -0.2) is 14.1 Å². The highest BCUT2D eigenvalue weighted by atomic mass is 19.1. The highest BCUT2D eigenvalue weighted by Crippen LogP contribution is 2.16. The zero-order valence-electron chi connectivity index (χ0n) is 13.9. The Morgan fingerprint density at radius 3 is 3.12 bits per heavy atom. The van der Waals surface area contributed by atoms with Crippen molar-refractivity contribution in [1.82, 2.24) is 24.6 Å². The molecule has 3 aromatic rings. The summed E-state index contributed by atoms with van der Waals surface area (Å²) >= 11 is 0. The number of imidazole rings is 1. The first-order valence-electron chi connectivity index (χ1n) is 8.47. The van der Waals surface area contributed by atoms with Gasteiger partial charge in [-0.05, 0) is 17.7 Å². The minimum absolute atomic E-state index is 0.180. The largest absolute Gasteiger partial charge is 0.370 e. The SMILES string of the molecule is Fc1ccc(CNC[C@H]2CNc3ccnn3C2)cc1Cn1ccnc1. The summed E-state index contributed by atoms with van der Waals surface area (Å²) in [7, 11) is 0. The monoisotopic (exact) mass is 340 g/mol. The number of hydrogen-bond acceptors (Lipinski definition) is 4. The standard InChI is InChI=1S/C18H21FN6/c19-17-2-1-14(7-16(17)12-24-6-5-20-13-24)8-21-9-15-10-22-18-3-4-23-25(18)11-15/h1-7,13,15,21-22H,8-12H2/t15-/m0/s1. The van der Waals surface area contributed by atoms with E-state index in [-0.39, 0.29) is 5.82 Å². The second kappa shape index (κ2) is 7.06. The van der Waals surface area contributed by atoms with Crippen molar-refractivity contribution in [3.63, 3.8) is 0 Å². The van der Waals surface area contributed by atoms with Gasteiger partial charge < -0.3 is 15.2 Å². The van der Waals surface area contributed by atoms with Crippen LogP contribution in [0.4, 0.5) is 10.2 Å². The quantitative estimate of drug-likeness (QED) is 0.721. The Hall–Kier alpha value is -2.67. The molecule has 0 amide bonds. The van der Waals surface area contributed by atoms with Gasteiger partial charge in [0, 0.05) is 56.1 Å². The molecule has 0 saturated heterocycles. The van der Waals surface area contributed by atoms with Crippen molar-refractivity contribution in [3.05, 3.63) is 66.1 Å². The number of hydrogen-bond donors (Lipinski definition) is 2. The average molecular weight is 340 g/mol. The van der Waals surface area contributed by atoms with Crippen molar-refractivity contribution in [1.29, 1.82) is 0 Å². The van der Waals surface area contributed by atoms with Gasteiger partial charge in [0.15, 0.2) is 0 Å². The number of fused-ring (bicyclic) bond motifs is 1. The molecule has 1 aliphatic rings. The maximum absolute atomic E-state index is 14.0. The fourth-order valence-corrected chi connectivity index (χ4v) is 3.18. The molecule has 6 nitrogen and oxygen atoms in total. The number of benzene rings is 1. The first-order chi connectivity index (χ1) is 12.3. The summed E-state index contributed by atoms with van der Waals surface area (Å²) in [6.45, 7) is 3.96. The van der Waals surface area contributed by atoms with Crippen LogP contribution in [0.5, 0.6) is 0 Å². The van der Waals surface area contributed by atoms with Crippen molar-refractivity contribution < 1.29 is 4.39 Å². The zero-order valence-corrected chi connectivity index (χ0v) is 13.9. The summed E-state index contributed by atoms with van der Waals surface area (Å²) in [5.74, 6) is 1.39. The van der Waals surface area contributed by atoms with E-state index in [1.54, 1.807) is 18.6 Å². The van der Waals surface area contributed by atoms with Crippen LogP contribution < -0.4 is 10.6 Å². The summed E-state index contributed by atoms with van der Waals surface area (Å²) in [5, 5.41) is 11.2. The maximum Gasteiger partial charge on any atom is 0.128 e. The fraction of sp³-hybridized carbons (Fsp3) is 0.333. The Labute approximate surface area is 145 Å². The summed E-state index contributed by atoms with van der Waals surface area (Å²) in [4.78, 5) is 4.00. The molecule has 1 atom stereocenters. The molecule has 1 aliphatic heterocycles. The van der Waals surface area contributed by atoms with Crippen molar-refractivity contribution in [3.8, 4) is 0 Å². The molecule has 2 N–H and O–H groups in total. The van der Waals surface area contributed by atoms with Gasteiger partial charge in [0.25, 0.3) is 0 Å². The van der Waals surface area contributed by atoms with Crippen LogP contribution in [-0.4, -0.2) is 32.4 Å². The maximum atomic E-state index is 14.0. The van der Waals surface area contributed by atoms with Gasteiger partial charge in [-0.2, -0.15) is 5.10 Å². The molecule has 7 heteroatoms. The summed E-state index contributed by atoms with van der Waals surface area (Å²) in [6.07, 6.45) is 7.05. The Balaban J connectivity index is 1.32. The van der Waals surface area contributed by atoms with Crippen LogP contribution in [0.25, 0.3) is 0 Å². The second-order valence-corrected chi connectivity index (χ2v) is 6.44. The Morgan fingerprint density at radius 2 is 2.24 bits per heavy atom. The van der Waals surface area contributed by atoms with Crippen molar-refractivity contribution in [2.45, 2.75) is 19.6 Å². The van der Waals surface area contributed by atoms with Crippen LogP contribution in [0.2, 0.25) is 0 Å². The van der Waals surface area contributed by atoms with Gasteiger partial charge in [-0.3, -0.25) is 0 Å². The lowest BCUT2D eigenvalue weighted by molar-refractivity contribution is 0.391. The molecule has 0 aliphatic carbocycles. The van der Waals surface area contributed by atoms with Crippen molar-refractivity contribution in [2.24, 2.45) is 5.92 Å². The van der Waals surface area contributed by atoms with E-state index in [1.807, 2.05) is 39.8 Å². The van der Waals surface area contributed by atoms with E-state index in [0.717, 1.165) is 37.6 Å². The second-order valence-electron chi connectivity index (χ2n) is 6.44. The molecule has 0 bridgehead atoms. The lowest BCUT2D eigenvalue weighted by atomic mass is 10.1. The zero-order chi connectivity index (χ0) is 17.1. The lowest BCUT2D eigenvalue weighted by Gasteiger charge is -2.25. The van der Waals surface area contributed by atoms with Crippen LogP contribution in [0.15, 0.2) is 49.2 Å². The van der Waals surface area contributed by atoms with Gasteiger partial charge in [0.05, 0.1) is 19.1 Å². The average Bonchev–Trinajstić information content (AvgIpc) is 3.29. The first-order valence-corrected chi connectivity index (χ1v) is 8.47. The number of halogens is 1. The molecule has 0 fully saturated rings. The van der Waals surface area contributed by atoms with E-state index < -0.39 is 0 Å². The van der Waals surface area contributed by atoms with Crippen molar-refractivity contribution in [2.75, 3.05) is 18.4 Å². The summed E-state index contributed by atoms with van der Waals surface area (Å²) < 4.78 is 17.9. The molecule has 130 valence electrons. The van der Waals surface area contributed by atoms with E-state index in [9.17, 15) is 4.39 Å². The predicted molar refractivity (Wildman–Crippen MR) is 93.6 cm³/mol. The lowest BCUT2D eigenvalue weighted by Crippen LogP contribution is -2.35. The van der Waals surface area contributed by atoms with Gasteiger partial charge in [-0.15, -0.1) is 0 Å². The van der Waals surface area contributed by atoms with Gasteiger partial charge in [0.1, 0.15) is 11.6 Å². The normalized spacial score (nSPS) is 16.4. The Kier molecular flexibility index (Phi) is 4.47. The highest BCUT2D eigenvalue weighted by molar-refractivity contribution is 5.35. The van der Waals surface area contributed by atoms with E-state index in [2.05, 4.69) is 20.7 Å². The minimum Gasteiger partial charge on any atom is -0.370 e. The van der Waals surface area contributed by atoms with Crippen LogP contribution in [0.3, 0.4) is 0 Å². The molecule has 25 heavy (non-hydrogen) atoms. The Bertz CT molecular complexity index is 826. The van der Waals surface area contributed by atoms with E-state index in [1.165, 1.54) is 0 Å². The molecule has 2 aromatic heterocycles. The fourth-order valence-electron chi connectivity index (χ4n) is 3.18. The van der Waals surface area contributed by atoms with Gasteiger partial charge in [-0.1, -0.05) is 6.07 Å². The summed E-state index contributed by atoms with van der Waals surface area (Å²) in [5.41, 5.74) is 1.76. The molecule has 0 saturated carbocycles. The smallest absolute Gasteiger partial charge is 0.128 e. The van der Waals surface area contributed by atoms with Crippen LogP contribution in [0.1, 0.15) is 11.1 Å².